The average molecular weight is 362 g/mol. The first kappa shape index (κ1) is 17.2. The van der Waals surface area contributed by atoms with Crippen LogP contribution in [-0.2, 0) is 9.59 Å². The number of carbonyl (C=O) groups is 2. The minimum atomic E-state index is -0.465. The van der Waals surface area contributed by atoms with Gasteiger partial charge in [0.1, 0.15) is 16.5 Å². The summed E-state index contributed by atoms with van der Waals surface area (Å²) in [7, 11) is 3.09. The summed E-state index contributed by atoms with van der Waals surface area (Å²) in [5.74, 6) is 0.317. The van der Waals surface area contributed by atoms with Crippen molar-refractivity contribution in [2.75, 3.05) is 31.0 Å². The molecule has 0 spiro atoms. The number of amides is 2. The predicted octanol–water partition coefficient (Wildman–Crippen LogP) is 1.86. The second-order valence-corrected chi connectivity index (χ2v) is 6.74. The Kier molecular flexibility index (Phi) is 4.84. The maximum absolute atomic E-state index is 12.4. The SMILES string of the molecule is COc1ccc(OC)c(N2C[C@H](C(=O)Nc3nnc(C)s3)CC2=O)c1. The zero-order valence-electron chi connectivity index (χ0n) is 14.1. The highest BCUT2D eigenvalue weighted by molar-refractivity contribution is 7.15. The number of nitrogens with one attached hydrogen (secondary N) is 1. The van der Waals surface area contributed by atoms with E-state index in [2.05, 4.69) is 15.5 Å². The summed E-state index contributed by atoms with van der Waals surface area (Å²) in [6.07, 6.45) is 0.129. The molecule has 2 heterocycles. The number of anilines is 2. The van der Waals surface area contributed by atoms with Gasteiger partial charge in [-0.1, -0.05) is 11.3 Å². The molecule has 0 unspecified atom stereocenters. The van der Waals surface area contributed by atoms with E-state index in [0.717, 1.165) is 5.01 Å². The fourth-order valence-corrected chi connectivity index (χ4v) is 3.27. The number of benzene rings is 1. The third-order valence-electron chi connectivity index (χ3n) is 3.93. The molecule has 1 aliphatic heterocycles. The summed E-state index contributed by atoms with van der Waals surface area (Å²) in [5, 5.41) is 11.7. The van der Waals surface area contributed by atoms with Gasteiger partial charge in [0.05, 0.1) is 25.8 Å². The van der Waals surface area contributed by atoms with E-state index in [1.165, 1.54) is 18.4 Å². The maximum atomic E-state index is 12.4. The molecular weight excluding hydrogens is 344 g/mol. The molecule has 1 fully saturated rings. The van der Waals surface area contributed by atoms with E-state index in [9.17, 15) is 9.59 Å². The molecule has 1 atom stereocenters. The third-order valence-corrected chi connectivity index (χ3v) is 4.68. The lowest BCUT2D eigenvalue weighted by Gasteiger charge is -2.20. The standard InChI is InChI=1S/C16H18N4O4S/c1-9-18-19-16(25-9)17-15(22)10-6-14(21)20(8-10)12-7-11(23-2)4-5-13(12)24-3/h4-5,7,10H,6,8H2,1-3H3,(H,17,19,22)/t10-/m1/s1. The molecule has 0 aliphatic carbocycles. The topological polar surface area (TPSA) is 93.7 Å². The normalized spacial score (nSPS) is 16.8. The molecular formula is C16H18N4O4S. The van der Waals surface area contributed by atoms with Crippen LogP contribution in [0.25, 0.3) is 0 Å². The Hall–Kier alpha value is -2.68. The van der Waals surface area contributed by atoms with Gasteiger partial charge < -0.3 is 19.7 Å². The van der Waals surface area contributed by atoms with Gasteiger partial charge in [0.15, 0.2) is 0 Å². The van der Waals surface area contributed by atoms with Crippen LogP contribution in [0.15, 0.2) is 18.2 Å². The minimum absolute atomic E-state index is 0.129. The molecule has 25 heavy (non-hydrogen) atoms. The number of ether oxygens (including phenoxy) is 2. The molecule has 2 aromatic rings. The first-order chi connectivity index (χ1) is 12.0. The van der Waals surface area contributed by atoms with E-state index in [0.29, 0.717) is 22.3 Å². The summed E-state index contributed by atoms with van der Waals surface area (Å²) < 4.78 is 10.6. The Balaban J connectivity index is 1.77. The lowest BCUT2D eigenvalue weighted by molar-refractivity contribution is -0.122. The van der Waals surface area contributed by atoms with Gasteiger partial charge in [-0.05, 0) is 19.1 Å². The molecule has 1 saturated heterocycles. The molecule has 2 amide bonds. The fourth-order valence-electron chi connectivity index (χ4n) is 2.68. The second-order valence-electron chi connectivity index (χ2n) is 5.56. The zero-order valence-corrected chi connectivity index (χ0v) is 14.9. The number of aromatic nitrogens is 2. The van der Waals surface area contributed by atoms with Crippen molar-refractivity contribution in [3.05, 3.63) is 23.2 Å². The van der Waals surface area contributed by atoms with Crippen LogP contribution in [0, 0.1) is 12.8 Å². The van der Waals surface area contributed by atoms with Crippen LogP contribution < -0.4 is 19.7 Å². The zero-order chi connectivity index (χ0) is 18.0. The maximum Gasteiger partial charge on any atom is 0.231 e. The number of aryl methyl sites for hydroxylation is 1. The third kappa shape index (κ3) is 3.55. The van der Waals surface area contributed by atoms with Crippen molar-refractivity contribution >= 4 is 34.0 Å². The van der Waals surface area contributed by atoms with Crippen LogP contribution in [0.1, 0.15) is 11.4 Å². The molecule has 1 aromatic heterocycles. The molecule has 0 saturated carbocycles. The van der Waals surface area contributed by atoms with E-state index < -0.39 is 5.92 Å². The summed E-state index contributed by atoms with van der Waals surface area (Å²) >= 11 is 1.29. The Bertz CT molecular complexity index is 807. The summed E-state index contributed by atoms with van der Waals surface area (Å²) in [6, 6.07) is 5.22. The quantitative estimate of drug-likeness (QED) is 0.872. The minimum Gasteiger partial charge on any atom is -0.497 e. The Morgan fingerprint density at radius 3 is 2.76 bits per heavy atom. The van der Waals surface area contributed by atoms with Crippen molar-refractivity contribution in [2.24, 2.45) is 5.92 Å². The van der Waals surface area contributed by atoms with Crippen molar-refractivity contribution in [2.45, 2.75) is 13.3 Å². The molecule has 8 nitrogen and oxygen atoms in total. The largest absolute Gasteiger partial charge is 0.497 e. The molecule has 0 bridgehead atoms. The van der Waals surface area contributed by atoms with Crippen LogP contribution >= 0.6 is 11.3 Å². The van der Waals surface area contributed by atoms with Gasteiger partial charge in [0, 0.05) is 19.0 Å². The summed E-state index contributed by atoms with van der Waals surface area (Å²) in [6.45, 7) is 2.08. The lowest BCUT2D eigenvalue weighted by atomic mass is 10.1. The van der Waals surface area contributed by atoms with Gasteiger partial charge in [-0.3, -0.25) is 9.59 Å². The summed E-state index contributed by atoms with van der Waals surface area (Å²) in [5.41, 5.74) is 0.592. The second kappa shape index (κ2) is 7.06. The highest BCUT2D eigenvalue weighted by Gasteiger charge is 2.36. The average Bonchev–Trinajstić information content (AvgIpc) is 3.19. The predicted molar refractivity (Wildman–Crippen MR) is 93.3 cm³/mol. The molecule has 1 aromatic carbocycles. The van der Waals surface area contributed by atoms with Crippen LogP contribution in [0.2, 0.25) is 0 Å². The first-order valence-corrected chi connectivity index (χ1v) is 8.47. The van der Waals surface area contributed by atoms with Crippen molar-refractivity contribution in [3.8, 4) is 11.5 Å². The monoisotopic (exact) mass is 362 g/mol. The fraction of sp³-hybridized carbons (Fsp3) is 0.375. The van der Waals surface area contributed by atoms with Gasteiger partial charge in [0.25, 0.3) is 0 Å². The molecule has 0 radical (unpaired) electrons. The van der Waals surface area contributed by atoms with E-state index in [1.54, 1.807) is 30.2 Å². The van der Waals surface area contributed by atoms with Crippen LogP contribution in [0.3, 0.4) is 0 Å². The number of methoxy groups -OCH3 is 2. The van der Waals surface area contributed by atoms with Crippen LogP contribution in [0.5, 0.6) is 11.5 Å². The van der Waals surface area contributed by atoms with Crippen molar-refractivity contribution in [1.29, 1.82) is 0 Å². The van der Waals surface area contributed by atoms with Gasteiger partial charge in [0.2, 0.25) is 16.9 Å². The molecule has 3 rings (SSSR count). The molecule has 9 heteroatoms. The number of carbonyl (C=O) groups excluding carboxylic acids is 2. The van der Waals surface area contributed by atoms with E-state index in [-0.39, 0.29) is 24.8 Å². The summed E-state index contributed by atoms with van der Waals surface area (Å²) in [4.78, 5) is 26.4. The highest BCUT2D eigenvalue weighted by Crippen LogP contribution is 2.36. The Morgan fingerprint density at radius 2 is 2.12 bits per heavy atom. The van der Waals surface area contributed by atoms with Crippen LogP contribution in [-0.4, -0.2) is 42.8 Å². The van der Waals surface area contributed by atoms with E-state index in [4.69, 9.17) is 9.47 Å². The number of nitrogens with zero attached hydrogens (tertiary/aromatic N) is 3. The van der Waals surface area contributed by atoms with Gasteiger partial charge in [-0.2, -0.15) is 0 Å². The smallest absolute Gasteiger partial charge is 0.231 e. The molecule has 1 N–H and O–H groups in total. The van der Waals surface area contributed by atoms with E-state index in [1.807, 2.05) is 6.92 Å². The molecule has 1 aliphatic rings. The van der Waals surface area contributed by atoms with Crippen molar-refractivity contribution in [1.82, 2.24) is 10.2 Å². The Labute approximate surface area is 148 Å². The number of rotatable bonds is 5. The lowest BCUT2D eigenvalue weighted by Crippen LogP contribution is -2.28. The van der Waals surface area contributed by atoms with Crippen molar-refractivity contribution < 1.29 is 19.1 Å². The Morgan fingerprint density at radius 1 is 1.32 bits per heavy atom. The number of hydrogen-bond acceptors (Lipinski definition) is 7. The van der Waals surface area contributed by atoms with Crippen molar-refractivity contribution in [3.63, 3.8) is 0 Å². The molecule has 132 valence electrons. The van der Waals surface area contributed by atoms with Gasteiger partial charge in [-0.25, -0.2) is 0 Å². The van der Waals surface area contributed by atoms with Gasteiger partial charge >= 0.3 is 0 Å². The highest BCUT2D eigenvalue weighted by atomic mass is 32.1. The first-order valence-electron chi connectivity index (χ1n) is 7.65. The van der Waals surface area contributed by atoms with E-state index >= 15 is 0 Å². The number of hydrogen-bond donors (Lipinski definition) is 1. The van der Waals surface area contributed by atoms with Gasteiger partial charge in [-0.15, -0.1) is 10.2 Å². The van der Waals surface area contributed by atoms with Crippen LogP contribution in [0.4, 0.5) is 10.8 Å².